The molecule has 3 heteroatoms. The molecule has 0 unspecified atom stereocenters. The number of rotatable bonds is 6. The summed E-state index contributed by atoms with van der Waals surface area (Å²) in [6.45, 7) is 6.18. The van der Waals surface area contributed by atoms with E-state index in [9.17, 15) is 0 Å². The van der Waals surface area contributed by atoms with Gasteiger partial charge in [0.05, 0.1) is 0 Å². The van der Waals surface area contributed by atoms with Gasteiger partial charge in [0.2, 0.25) is 0 Å². The number of nitrogens with one attached hydrogen (secondary N) is 1. The molecule has 0 saturated heterocycles. The van der Waals surface area contributed by atoms with Gasteiger partial charge in [0.1, 0.15) is 0 Å². The first kappa shape index (κ1) is 11.7. The normalized spacial score (nSPS) is 11.9. The van der Waals surface area contributed by atoms with Crippen molar-refractivity contribution in [1.82, 2.24) is 5.32 Å². The van der Waals surface area contributed by atoms with Crippen molar-refractivity contribution in [3.63, 3.8) is 0 Å². The molecule has 3 N–H and O–H groups in total. The minimum Gasteiger partial charge on any atom is -0.326 e. The van der Waals surface area contributed by atoms with E-state index in [0.29, 0.717) is 0 Å². The van der Waals surface area contributed by atoms with Gasteiger partial charge in [0.15, 0.2) is 0 Å². The lowest BCUT2D eigenvalue weighted by Crippen LogP contribution is -2.32. The SMILES string of the molecule is CC(C)(N)CCCNCc1ccsc1. The van der Waals surface area contributed by atoms with Crippen molar-refractivity contribution >= 4 is 11.3 Å². The maximum atomic E-state index is 5.89. The standard InChI is InChI=1S/C11H20N2S/c1-11(2,12)5-3-6-13-8-10-4-7-14-9-10/h4,7,9,13H,3,5-6,8,12H2,1-2H3. The van der Waals surface area contributed by atoms with Crippen LogP contribution in [-0.4, -0.2) is 12.1 Å². The highest BCUT2D eigenvalue weighted by Crippen LogP contribution is 2.07. The fourth-order valence-corrected chi connectivity index (χ4v) is 1.96. The molecule has 2 nitrogen and oxygen atoms in total. The molecule has 0 spiro atoms. The Balaban J connectivity index is 2.00. The molecule has 0 aliphatic carbocycles. The first-order valence-electron chi connectivity index (χ1n) is 5.08. The molecule has 0 fully saturated rings. The number of hydrogen-bond acceptors (Lipinski definition) is 3. The van der Waals surface area contributed by atoms with E-state index in [1.807, 2.05) is 0 Å². The summed E-state index contributed by atoms with van der Waals surface area (Å²) in [4.78, 5) is 0. The van der Waals surface area contributed by atoms with Crippen LogP contribution in [0, 0.1) is 0 Å². The summed E-state index contributed by atoms with van der Waals surface area (Å²) in [6, 6.07) is 2.16. The summed E-state index contributed by atoms with van der Waals surface area (Å²) in [5.41, 5.74) is 7.24. The fraction of sp³-hybridized carbons (Fsp3) is 0.636. The van der Waals surface area contributed by atoms with Crippen molar-refractivity contribution in [2.24, 2.45) is 5.73 Å². The van der Waals surface area contributed by atoms with Crippen molar-refractivity contribution in [2.75, 3.05) is 6.54 Å². The van der Waals surface area contributed by atoms with Crippen molar-refractivity contribution in [2.45, 2.75) is 38.8 Å². The minimum absolute atomic E-state index is 0.0237. The van der Waals surface area contributed by atoms with Crippen LogP contribution in [0.15, 0.2) is 16.8 Å². The van der Waals surface area contributed by atoms with Crippen LogP contribution in [0.5, 0.6) is 0 Å². The number of thiophene rings is 1. The van der Waals surface area contributed by atoms with Gasteiger partial charge in [0, 0.05) is 12.1 Å². The Kier molecular flexibility index (Phi) is 4.58. The average Bonchev–Trinajstić information content (AvgIpc) is 2.54. The number of hydrogen-bond donors (Lipinski definition) is 2. The fourth-order valence-electron chi connectivity index (χ4n) is 1.29. The van der Waals surface area contributed by atoms with Crippen LogP contribution in [0.25, 0.3) is 0 Å². The van der Waals surface area contributed by atoms with Crippen LogP contribution >= 0.6 is 11.3 Å². The third-order valence-corrected chi connectivity index (χ3v) is 2.82. The molecule has 0 saturated carbocycles. The highest BCUT2D eigenvalue weighted by atomic mass is 32.1. The maximum absolute atomic E-state index is 5.89. The Bertz CT molecular complexity index is 236. The molecule has 1 aromatic heterocycles. The van der Waals surface area contributed by atoms with E-state index in [-0.39, 0.29) is 5.54 Å². The first-order chi connectivity index (χ1) is 6.58. The molecule has 0 aliphatic heterocycles. The van der Waals surface area contributed by atoms with E-state index in [0.717, 1.165) is 25.9 Å². The van der Waals surface area contributed by atoms with Crippen molar-refractivity contribution in [1.29, 1.82) is 0 Å². The van der Waals surface area contributed by atoms with Crippen LogP contribution in [0.4, 0.5) is 0 Å². The molecule has 0 bridgehead atoms. The van der Waals surface area contributed by atoms with Gasteiger partial charge in [-0.2, -0.15) is 11.3 Å². The summed E-state index contributed by atoms with van der Waals surface area (Å²) in [5.74, 6) is 0. The van der Waals surface area contributed by atoms with Crippen molar-refractivity contribution in [3.05, 3.63) is 22.4 Å². The Morgan fingerprint density at radius 3 is 2.86 bits per heavy atom. The molecule has 0 aliphatic rings. The van der Waals surface area contributed by atoms with E-state index in [4.69, 9.17) is 5.73 Å². The molecule has 0 aromatic carbocycles. The van der Waals surface area contributed by atoms with E-state index in [1.54, 1.807) is 11.3 Å². The van der Waals surface area contributed by atoms with Gasteiger partial charge in [-0.25, -0.2) is 0 Å². The van der Waals surface area contributed by atoms with Crippen LogP contribution in [0.2, 0.25) is 0 Å². The topological polar surface area (TPSA) is 38.0 Å². The molecular formula is C11H20N2S. The van der Waals surface area contributed by atoms with Gasteiger partial charge in [-0.3, -0.25) is 0 Å². The van der Waals surface area contributed by atoms with Gasteiger partial charge >= 0.3 is 0 Å². The van der Waals surface area contributed by atoms with Gasteiger partial charge in [0.25, 0.3) is 0 Å². The highest BCUT2D eigenvalue weighted by Gasteiger charge is 2.08. The lowest BCUT2D eigenvalue weighted by molar-refractivity contribution is 0.448. The Morgan fingerprint density at radius 1 is 1.50 bits per heavy atom. The summed E-state index contributed by atoms with van der Waals surface area (Å²) < 4.78 is 0. The second kappa shape index (κ2) is 5.49. The lowest BCUT2D eigenvalue weighted by atomic mass is 10.0. The average molecular weight is 212 g/mol. The van der Waals surface area contributed by atoms with Gasteiger partial charge in [-0.15, -0.1) is 0 Å². The Hall–Kier alpha value is -0.380. The maximum Gasteiger partial charge on any atom is 0.0213 e. The predicted molar refractivity (Wildman–Crippen MR) is 63.5 cm³/mol. The van der Waals surface area contributed by atoms with Crippen molar-refractivity contribution in [3.8, 4) is 0 Å². The summed E-state index contributed by atoms with van der Waals surface area (Å²) >= 11 is 1.75. The van der Waals surface area contributed by atoms with Gasteiger partial charge < -0.3 is 11.1 Å². The number of nitrogens with two attached hydrogens (primary N) is 1. The summed E-state index contributed by atoms with van der Waals surface area (Å²) in [6.07, 6.45) is 2.22. The summed E-state index contributed by atoms with van der Waals surface area (Å²) in [5, 5.41) is 7.70. The van der Waals surface area contributed by atoms with Crippen LogP contribution < -0.4 is 11.1 Å². The second-order valence-electron chi connectivity index (χ2n) is 4.40. The van der Waals surface area contributed by atoms with Crippen LogP contribution in [-0.2, 0) is 6.54 Å². The zero-order valence-corrected chi connectivity index (χ0v) is 9.86. The van der Waals surface area contributed by atoms with E-state index >= 15 is 0 Å². The van der Waals surface area contributed by atoms with E-state index in [2.05, 4.69) is 36.0 Å². The van der Waals surface area contributed by atoms with Crippen LogP contribution in [0.3, 0.4) is 0 Å². The predicted octanol–water partition coefficient (Wildman–Crippen LogP) is 2.36. The van der Waals surface area contributed by atoms with Gasteiger partial charge in [-0.1, -0.05) is 0 Å². The van der Waals surface area contributed by atoms with E-state index in [1.165, 1.54) is 5.56 Å². The highest BCUT2D eigenvalue weighted by molar-refractivity contribution is 7.07. The Labute approximate surface area is 90.5 Å². The largest absolute Gasteiger partial charge is 0.326 e. The summed E-state index contributed by atoms with van der Waals surface area (Å²) in [7, 11) is 0. The zero-order chi connectivity index (χ0) is 10.4. The van der Waals surface area contributed by atoms with Crippen LogP contribution in [0.1, 0.15) is 32.3 Å². The third-order valence-electron chi connectivity index (χ3n) is 2.08. The lowest BCUT2D eigenvalue weighted by Gasteiger charge is -2.17. The van der Waals surface area contributed by atoms with Gasteiger partial charge in [-0.05, 0) is 55.6 Å². The Morgan fingerprint density at radius 2 is 2.29 bits per heavy atom. The molecule has 80 valence electrons. The quantitative estimate of drug-likeness (QED) is 0.710. The third kappa shape index (κ3) is 5.37. The molecule has 1 heterocycles. The first-order valence-corrected chi connectivity index (χ1v) is 6.03. The second-order valence-corrected chi connectivity index (χ2v) is 5.18. The van der Waals surface area contributed by atoms with Crippen molar-refractivity contribution < 1.29 is 0 Å². The monoisotopic (exact) mass is 212 g/mol. The molecule has 1 rings (SSSR count). The smallest absolute Gasteiger partial charge is 0.0213 e. The molecule has 14 heavy (non-hydrogen) atoms. The van der Waals surface area contributed by atoms with E-state index < -0.39 is 0 Å². The molecule has 1 aromatic rings. The molecule has 0 atom stereocenters. The molecule has 0 amide bonds. The molecule has 0 radical (unpaired) electrons. The zero-order valence-electron chi connectivity index (χ0n) is 9.05. The minimum atomic E-state index is -0.0237. The molecular weight excluding hydrogens is 192 g/mol.